The number of furan rings is 1. The van der Waals surface area contributed by atoms with E-state index in [4.69, 9.17) is 13.7 Å². The molecule has 0 atom stereocenters. The molecule has 0 amide bonds. The zero-order valence-corrected chi connectivity index (χ0v) is 15.7. The van der Waals surface area contributed by atoms with Gasteiger partial charge in [0.25, 0.3) is 0 Å². The van der Waals surface area contributed by atoms with Crippen LogP contribution in [0.2, 0.25) is 0 Å². The molecular weight excluding hydrogens is 362 g/mol. The zero-order valence-electron chi connectivity index (χ0n) is 14.9. The molecule has 4 rings (SSSR count). The average Bonchev–Trinajstić information content (AvgIpc) is 3.45. The number of rotatable bonds is 8. The van der Waals surface area contributed by atoms with Gasteiger partial charge in [0, 0.05) is 11.4 Å². The first kappa shape index (κ1) is 17.5. The fourth-order valence-corrected chi connectivity index (χ4v) is 3.61. The topological polar surface area (TPSA) is 64.5 Å². The van der Waals surface area contributed by atoms with Crippen LogP contribution in [0.25, 0.3) is 11.4 Å². The smallest absolute Gasteiger partial charge is 0.241 e. The molecule has 1 aromatic carbocycles. The lowest BCUT2D eigenvalue weighted by Gasteiger charge is -2.18. The van der Waals surface area contributed by atoms with Crippen LogP contribution in [0, 0.1) is 0 Å². The predicted molar refractivity (Wildman–Crippen MR) is 102 cm³/mol. The Morgan fingerprint density at radius 1 is 1.04 bits per heavy atom. The van der Waals surface area contributed by atoms with Gasteiger partial charge in [-0.1, -0.05) is 23.4 Å². The van der Waals surface area contributed by atoms with E-state index in [-0.39, 0.29) is 0 Å². The van der Waals surface area contributed by atoms with Crippen molar-refractivity contribution in [3.05, 3.63) is 76.7 Å². The molecule has 0 saturated carbocycles. The van der Waals surface area contributed by atoms with Crippen LogP contribution in [0.15, 0.2) is 69.1 Å². The summed E-state index contributed by atoms with van der Waals surface area (Å²) in [4.78, 5) is 8.04. The molecule has 0 spiro atoms. The molecule has 0 unspecified atom stereocenters. The van der Waals surface area contributed by atoms with E-state index < -0.39 is 0 Å². The van der Waals surface area contributed by atoms with Crippen molar-refractivity contribution in [2.24, 2.45) is 0 Å². The van der Waals surface area contributed by atoms with E-state index >= 15 is 0 Å². The Kier molecular flexibility index (Phi) is 5.32. The summed E-state index contributed by atoms with van der Waals surface area (Å²) >= 11 is 1.73. The van der Waals surface area contributed by atoms with Crippen molar-refractivity contribution in [1.29, 1.82) is 0 Å². The average molecular weight is 381 g/mol. The van der Waals surface area contributed by atoms with Crippen molar-refractivity contribution in [3.63, 3.8) is 0 Å². The molecule has 0 fully saturated rings. The summed E-state index contributed by atoms with van der Waals surface area (Å²) in [6.07, 6.45) is 1.69. The Morgan fingerprint density at radius 3 is 2.74 bits per heavy atom. The Hall–Kier alpha value is -2.90. The predicted octanol–water partition coefficient (Wildman–Crippen LogP) is 4.60. The molecule has 0 bridgehead atoms. The molecule has 0 aliphatic carbocycles. The Bertz CT molecular complexity index is 928. The molecule has 0 N–H and O–H groups in total. The second-order valence-corrected chi connectivity index (χ2v) is 7.05. The number of hydrogen-bond donors (Lipinski definition) is 0. The number of methoxy groups -OCH3 is 1. The Balaban J connectivity index is 1.53. The van der Waals surface area contributed by atoms with E-state index in [1.54, 1.807) is 24.7 Å². The first-order valence-corrected chi connectivity index (χ1v) is 9.43. The Labute approximate surface area is 161 Å². The molecule has 0 saturated heterocycles. The first-order chi connectivity index (χ1) is 13.3. The zero-order chi connectivity index (χ0) is 18.5. The second kappa shape index (κ2) is 8.20. The number of nitrogens with zero attached hydrogens (tertiary/aromatic N) is 3. The van der Waals surface area contributed by atoms with Crippen LogP contribution in [-0.4, -0.2) is 22.2 Å². The van der Waals surface area contributed by atoms with Crippen molar-refractivity contribution in [1.82, 2.24) is 15.0 Å². The van der Waals surface area contributed by atoms with Crippen molar-refractivity contribution >= 4 is 11.3 Å². The minimum atomic E-state index is 0.525. The summed E-state index contributed by atoms with van der Waals surface area (Å²) < 4.78 is 16.4. The molecule has 3 heterocycles. The maximum atomic E-state index is 5.50. The molecule has 138 valence electrons. The minimum absolute atomic E-state index is 0.525. The SMILES string of the molecule is COc1ccccc1-c1noc(CN(Cc2ccco2)Cc2cccs2)n1. The lowest BCUT2D eigenvalue weighted by Crippen LogP contribution is -2.21. The van der Waals surface area contributed by atoms with Gasteiger partial charge in [0.05, 0.1) is 32.0 Å². The monoisotopic (exact) mass is 381 g/mol. The molecule has 0 aliphatic rings. The van der Waals surface area contributed by atoms with E-state index in [0.717, 1.165) is 23.6 Å². The summed E-state index contributed by atoms with van der Waals surface area (Å²) in [5, 5.41) is 6.20. The number of ether oxygens (including phenoxy) is 1. The van der Waals surface area contributed by atoms with Crippen LogP contribution in [0.5, 0.6) is 5.75 Å². The van der Waals surface area contributed by atoms with E-state index in [1.165, 1.54) is 4.88 Å². The standard InChI is InChI=1S/C20H19N3O3S/c1-24-18-9-3-2-8-17(18)20-21-19(26-22-20)14-23(12-15-6-4-10-25-15)13-16-7-5-11-27-16/h2-11H,12-14H2,1H3. The van der Waals surface area contributed by atoms with Crippen molar-refractivity contribution in [2.45, 2.75) is 19.6 Å². The summed E-state index contributed by atoms with van der Waals surface area (Å²) in [6, 6.07) is 15.7. The van der Waals surface area contributed by atoms with Gasteiger partial charge in [0.2, 0.25) is 11.7 Å². The fraction of sp³-hybridized carbons (Fsp3) is 0.200. The maximum Gasteiger partial charge on any atom is 0.241 e. The van der Waals surface area contributed by atoms with Crippen molar-refractivity contribution in [2.75, 3.05) is 7.11 Å². The van der Waals surface area contributed by atoms with Crippen LogP contribution in [0.3, 0.4) is 0 Å². The third-order valence-electron chi connectivity index (χ3n) is 4.09. The highest BCUT2D eigenvalue weighted by Gasteiger charge is 2.17. The molecule has 6 nitrogen and oxygen atoms in total. The van der Waals surface area contributed by atoms with Gasteiger partial charge in [-0.15, -0.1) is 11.3 Å². The van der Waals surface area contributed by atoms with E-state index in [9.17, 15) is 0 Å². The summed E-state index contributed by atoms with van der Waals surface area (Å²) in [6.45, 7) is 1.97. The Morgan fingerprint density at radius 2 is 1.96 bits per heavy atom. The van der Waals surface area contributed by atoms with Gasteiger partial charge in [-0.05, 0) is 35.7 Å². The van der Waals surface area contributed by atoms with Crippen LogP contribution in [0.1, 0.15) is 16.5 Å². The van der Waals surface area contributed by atoms with Crippen LogP contribution in [0.4, 0.5) is 0 Å². The largest absolute Gasteiger partial charge is 0.496 e. The van der Waals surface area contributed by atoms with Crippen LogP contribution in [-0.2, 0) is 19.6 Å². The third kappa shape index (κ3) is 4.27. The molecule has 4 aromatic rings. The minimum Gasteiger partial charge on any atom is -0.496 e. The van der Waals surface area contributed by atoms with Crippen LogP contribution < -0.4 is 4.74 Å². The van der Waals surface area contributed by atoms with Crippen LogP contribution >= 0.6 is 11.3 Å². The maximum absolute atomic E-state index is 5.50. The van der Waals surface area contributed by atoms with Gasteiger partial charge >= 0.3 is 0 Å². The second-order valence-electron chi connectivity index (χ2n) is 6.02. The lowest BCUT2D eigenvalue weighted by atomic mass is 10.2. The normalized spacial score (nSPS) is 11.2. The van der Waals surface area contributed by atoms with Gasteiger partial charge in [-0.3, -0.25) is 4.90 Å². The first-order valence-electron chi connectivity index (χ1n) is 8.55. The molecule has 0 radical (unpaired) electrons. The summed E-state index contributed by atoms with van der Waals surface area (Å²) in [5.74, 6) is 2.70. The van der Waals surface area contributed by atoms with Gasteiger partial charge in [0.1, 0.15) is 11.5 Å². The molecule has 0 aliphatic heterocycles. The summed E-state index contributed by atoms with van der Waals surface area (Å²) in [7, 11) is 1.63. The number of para-hydroxylation sites is 1. The van der Waals surface area contributed by atoms with Gasteiger partial charge in [-0.2, -0.15) is 4.98 Å². The van der Waals surface area contributed by atoms with E-state index in [1.807, 2.05) is 36.4 Å². The van der Waals surface area contributed by atoms with Gasteiger partial charge in [-0.25, -0.2) is 0 Å². The number of thiophene rings is 1. The highest BCUT2D eigenvalue weighted by Crippen LogP contribution is 2.27. The number of benzene rings is 1. The van der Waals surface area contributed by atoms with E-state index in [0.29, 0.717) is 24.8 Å². The van der Waals surface area contributed by atoms with Crippen molar-refractivity contribution < 1.29 is 13.7 Å². The lowest BCUT2D eigenvalue weighted by molar-refractivity contribution is 0.198. The van der Waals surface area contributed by atoms with Crippen molar-refractivity contribution in [3.8, 4) is 17.1 Å². The molecule has 3 aromatic heterocycles. The highest BCUT2D eigenvalue weighted by molar-refractivity contribution is 7.09. The van der Waals surface area contributed by atoms with E-state index in [2.05, 4.69) is 32.6 Å². The quantitative estimate of drug-likeness (QED) is 0.444. The molecule has 27 heavy (non-hydrogen) atoms. The van der Waals surface area contributed by atoms with Gasteiger partial charge in [0.15, 0.2) is 0 Å². The summed E-state index contributed by atoms with van der Waals surface area (Å²) in [5.41, 5.74) is 0.811. The molecule has 7 heteroatoms. The number of aromatic nitrogens is 2. The highest BCUT2D eigenvalue weighted by atomic mass is 32.1. The van der Waals surface area contributed by atoms with Gasteiger partial charge < -0.3 is 13.7 Å². The fourth-order valence-electron chi connectivity index (χ4n) is 2.86. The molecular formula is C20H19N3O3S. The number of hydrogen-bond acceptors (Lipinski definition) is 7. The third-order valence-corrected chi connectivity index (χ3v) is 4.96.